The van der Waals surface area contributed by atoms with Crippen molar-refractivity contribution >= 4 is 28.5 Å². The number of carbonyl (C=O) groups excluding carboxylic acids is 2. The number of fused-ring (bicyclic) bond motifs is 1. The highest BCUT2D eigenvalue weighted by molar-refractivity contribution is 5.96. The third-order valence-electron chi connectivity index (χ3n) is 5.45. The van der Waals surface area contributed by atoms with Crippen molar-refractivity contribution in [2.45, 2.75) is 26.1 Å². The number of rotatable bonds is 11. The quantitative estimate of drug-likeness (QED) is 0.193. The highest BCUT2D eigenvalue weighted by atomic mass is 19.4. The summed E-state index contributed by atoms with van der Waals surface area (Å²) in [6.07, 6.45) is -3.68. The second-order valence-electron chi connectivity index (χ2n) is 7.93. The number of ether oxygens (including phenoxy) is 5. The molecule has 0 bridgehead atoms. The summed E-state index contributed by atoms with van der Waals surface area (Å²) in [5.74, 6) is -5.57. The molecule has 0 radical (unpaired) electrons. The van der Waals surface area contributed by atoms with Crippen molar-refractivity contribution in [2.24, 2.45) is 5.92 Å². The van der Waals surface area contributed by atoms with Crippen molar-refractivity contribution in [1.82, 2.24) is 4.98 Å². The smallest absolute Gasteiger partial charge is 0.409 e. The number of halogens is 4. The Morgan fingerprint density at radius 1 is 0.897 bits per heavy atom. The molecule has 1 aromatic heterocycles. The zero-order chi connectivity index (χ0) is 28.7. The summed E-state index contributed by atoms with van der Waals surface area (Å²) < 4.78 is 82.5. The summed E-state index contributed by atoms with van der Waals surface area (Å²) in [6, 6.07) is 4.86. The van der Waals surface area contributed by atoms with Crippen LogP contribution in [-0.4, -0.2) is 56.6 Å². The average molecular weight is 554 g/mol. The molecule has 0 saturated heterocycles. The maximum Gasteiger partial charge on any atom is 0.409 e. The first-order chi connectivity index (χ1) is 18.5. The van der Waals surface area contributed by atoms with E-state index < -0.39 is 35.9 Å². The molecule has 0 aliphatic heterocycles. The zero-order valence-corrected chi connectivity index (χ0v) is 21.4. The van der Waals surface area contributed by atoms with Crippen LogP contribution in [0.15, 0.2) is 42.6 Å². The van der Waals surface area contributed by atoms with E-state index >= 15 is 4.39 Å². The van der Waals surface area contributed by atoms with E-state index in [1.54, 1.807) is 12.1 Å². The Morgan fingerprint density at radius 3 is 2.05 bits per heavy atom. The van der Waals surface area contributed by atoms with Gasteiger partial charge in [-0.05, 0) is 38.1 Å². The Balaban J connectivity index is 1.93. The molecule has 0 fully saturated rings. The largest absolute Gasteiger partial charge is 0.493 e. The summed E-state index contributed by atoms with van der Waals surface area (Å²) in [4.78, 5) is 28.8. The predicted molar refractivity (Wildman–Crippen MR) is 132 cm³/mol. The van der Waals surface area contributed by atoms with Gasteiger partial charge >= 0.3 is 18.1 Å². The molecule has 0 saturated carbocycles. The molecule has 3 rings (SSSR count). The van der Waals surface area contributed by atoms with Gasteiger partial charge in [-0.2, -0.15) is 13.2 Å². The fourth-order valence-corrected chi connectivity index (χ4v) is 3.69. The topological polar surface area (TPSA) is 105 Å². The van der Waals surface area contributed by atoms with Gasteiger partial charge in [-0.15, -0.1) is 0 Å². The minimum atomic E-state index is -5.11. The van der Waals surface area contributed by atoms with Crippen molar-refractivity contribution in [3.63, 3.8) is 0 Å². The van der Waals surface area contributed by atoms with Crippen LogP contribution < -0.4 is 19.5 Å². The van der Waals surface area contributed by atoms with Gasteiger partial charge in [0.05, 0.1) is 33.0 Å². The van der Waals surface area contributed by atoms with E-state index in [-0.39, 0.29) is 30.4 Å². The summed E-state index contributed by atoms with van der Waals surface area (Å²) in [7, 11) is 2.90. The van der Waals surface area contributed by atoms with Crippen LogP contribution in [0.1, 0.15) is 13.8 Å². The highest BCUT2D eigenvalue weighted by Crippen LogP contribution is 2.38. The molecule has 0 aliphatic carbocycles. The monoisotopic (exact) mass is 554 g/mol. The van der Waals surface area contributed by atoms with Crippen LogP contribution in [0, 0.1) is 11.7 Å². The highest BCUT2D eigenvalue weighted by Gasteiger charge is 2.52. The normalized spacial score (nSPS) is 12.1. The van der Waals surface area contributed by atoms with Gasteiger partial charge in [0.25, 0.3) is 0 Å². The van der Waals surface area contributed by atoms with Gasteiger partial charge in [-0.3, -0.25) is 14.6 Å². The maximum atomic E-state index is 15.0. The van der Waals surface area contributed by atoms with E-state index in [9.17, 15) is 22.8 Å². The Morgan fingerprint density at radius 2 is 1.51 bits per heavy atom. The molecule has 1 unspecified atom stereocenters. The number of methoxy groups -OCH3 is 2. The van der Waals surface area contributed by atoms with E-state index in [4.69, 9.17) is 14.2 Å². The molecule has 2 aromatic carbocycles. The van der Waals surface area contributed by atoms with Crippen molar-refractivity contribution in [2.75, 3.05) is 32.8 Å². The molecule has 9 nitrogen and oxygen atoms in total. The molecular formula is C26H26F4N2O7. The second kappa shape index (κ2) is 12.5. The van der Waals surface area contributed by atoms with Crippen LogP contribution in [0.4, 0.5) is 23.2 Å². The van der Waals surface area contributed by atoms with Gasteiger partial charge in [0, 0.05) is 29.4 Å². The summed E-state index contributed by atoms with van der Waals surface area (Å²) in [6.45, 7) is 2.23. The maximum absolute atomic E-state index is 15.0. The summed E-state index contributed by atoms with van der Waals surface area (Å²) in [5, 5.41) is 2.48. The van der Waals surface area contributed by atoms with Gasteiger partial charge < -0.3 is 29.0 Å². The fourth-order valence-electron chi connectivity index (χ4n) is 3.69. The van der Waals surface area contributed by atoms with Gasteiger partial charge in [-0.25, -0.2) is 4.39 Å². The van der Waals surface area contributed by atoms with Crippen LogP contribution >= 0.6 is 0 Å². The number of hydrogen-bond acceptors (Lipinski definition) is 9. The van der Waals surface area contributed by atoms with Crippen LogP contribution in [0.2, 0.25) is 0 Å². The Hall–Kier alpha value is -4.29. The number of carbonyl (C=O) groups is 2. The van der Waals surface area contributed by atoms with Crippen molar-refractivity contribution in [3.8, 4) is 23.0 Å². The van der Waals surface area contributed by atoms with Crippen LogP contribution in [0.5, 0.6) is 23.0 Å². The first kappa shape index (κ1) is 29.3. The van der Waals surface area contributed by atoms with Gasteiger partial charge in [-0.1, -0.05) is 0 Å². The van der Waals surface area contributed by atoms with Crippen LogP contribution in [-0.2, 0) is 19.1 Å². The number of alkyl halides is 3. The minimum Gasteiger partial charge on any atom is -0.493 e. The summed E-state index contributed by atoms with van der Waals surface area (Å²) in [5.41, 5.74) is 0.0904. The molecule has 1 heterocycles. The molecule has 0 spiro atoms. The minimum absolute atomic E-state index is 0.193. The molecule has 13 heteroatoms. The number of nitrogens with one attached hydrogen (secondary N) is 1. The Kier molecular flexibility index (Phi) is 9.38. The van der Waals surface area contributed by atoms with Crippen LogP contribution in [0.25, 0.3) is 10.9 Å². The number of pyridine rings is 1. The van der Waals surface area contributed by atoms with E-state index in [0.717, 1.165) is 18.2 Å². The third kappa shape index (κ3) is 6.78. The number of anilines is 1. The zero-order valence-electron chi connectivity index (χ0n) is 21.4. The lowest BCUT2D eigenvalue weighted by molar-refractivity contribution is -0.184. The Labute approximate surface area is 221 Å². The van der Waals surface area contributed by atoms with Gasteiger partial charge in [0.1, 0.15) is 11.8 Å². The number of esters is 2. The van der Waals surface area contributed by atoms with Gasteiger partial charge in [0.15, 0.2) is 29.0 Å². The van der Waals surface area contributed by atoms with E-state index in [1.807, 2.05) is 5.32 Å². The number of hydrogen-bond donors (Lipinski definition) is 1. The third-order valence-corrected chi connectivity index (χ3v) is 5.45. The Bertz CT molecular complexity index is 1320. The first-order valence-corrected chi connectivity index (χ1v) is 11.7. The molecule has 0 amide bonds. The standard InChI is InChI=1S/C26H26F4N2O7/c1-5-37-24(33)22(25(34)38-6-2)23(26(28,29)30)32-14-7-8-19(16(27)11-14)39-18-9-10-31-17-13-21(36-4)20(35-3)12-15(17)18/h7-13,22-23,32H,5-6H2,1-4H3. The molecule has 1 atom stereocenters. The second-order valence-corrected chi connectivity index (χ2v) is 7.93. The van der Waals surface area contributed by atoms with E-state index in [1.165, 1.54) is 40.3 Å². The predicted octanol–water partition coefficient (Wildman–Crippen LogP) is 5.27. The van der Waals surface area contributed by atoms with Gasteiger partial charge in [0.2, 0.25) is 0 Å². The number of benzene rings is 2. The molecule has 39 heavy (non-hydrogen) atoms. The molecule has 0 aliphatic rings. The first-order valence-electron chi connectivity index (χ1n) is 11.7. The molecule has 1 N–H and O–H groups in total. The fraction of sp³-hybridized carbons (Fsp3) is 0.346. The van der Waals surface area contributed by atoms with Crippen molar-refractivity contribution in [1.29, 1.82) is 0 Å². The molecular weight excluding hydrogens is 528 g/mol. The molecule has 210 valence electrons. The molecule has 3 aromatic rings. The average Bonchev–Trinajstić information content (AvgIpc) is 2.89. The van der Waals surface area contributed by atoms with E-state index in [0.29, 0.717) is 22.4 Å². The van der Waals surface area contributed by atoms with Crippen molar-refractivity contribution < 1.29 is 50.8 Å². The van der Waals surface area contributed by atoms with Crippen molar-refractivity contribution in [3.05, 3.63) is 48.4 Å². The summed E-state index contributed by atoms with van der Waals surface area (Å²) >= 11 is 0. The lowest BCUT2D eigenvalue weighted by Gasteiger charge is -2.28. The number of nitrogens with zero attached hydrogens (tertiary/aromatic N) is 1. The SMILES string of the molecule is CCOC(=O)C(C(=O)OCC)C(Nc1ccc(Oc2ccnc3cc(OC)c(OC)cc23)c(F)c1)C(F)(F)F. The number of aromatic nitrogens is 1. The lowest BCUT2D eigenvalue weighted by Crippen LogP contribution is -2.50. The van der Waals surface area contributed by atoms with E-state index in [2.05, 4.69) is 14.5 Å². The van der Waals surface area contributed by atoms with Crippen LogP contribution in [0.3, 0.4) is 0 Å². The lowest BCUT2D eigenvalue weighted by atomic mass is 9.98.